The van der Waals surface area contributed by atoms with E-state index in [4.69, 9.17) is 4.74 Å². The van der Waals surface area contributed by atoms with Gasteiger partial charge >= 0.3 is 0 Å². The second kappa shape index (κ2) is 13.4. The van der Waals surface area contributed by atoms with Crippen molar-refractivity contribution in [1.29, 1.82) is 0 Å². The molecule has 2 aromatic carbocycles. The molecule has 0 heterocycles. The smallest absolute Gasteiger partial charge is 0.127 e. The lowest BCUT2D eigenvalue weighted by molar-refractivity contribution is 0.481. The highest BCUT2D eigenvalue weighted by molar-refractivity contribution is 5.33. The number of unbranched alkanes of at least 4 members (excludes halogenated alkanes) is 10. The van der Waals surface area contributed by atoms with Gasteiger partial charge in [0, 0.05) is 0 Å². The summed E-state index contributed by atoms with van der Waals surface area (Å²) in [5.41, 5.74) is 1.38. The molecule has 2 aromatic rings. The van der Waals surface area contributed by atoms with Crippen LogP contribution >= 0.6 is 0 Å². The van der Waals surface area contributed by atoms with Crippen molar-refractivity contribution in [2.45, 2.75) is 84.0 Å². The van der Waals surface area contributed by atoms with Gasteiger partial charge in [-0.1, -0.05) is 101 Å². The standard InChI is InChI=1S/C25H36O/c1-2-3-4-5-6-7-8-9-10-11-13-17-23-18-16-21-25(22-23)26-24-19-14-12-15-20-24/h12,14-16,18-22H,2-11,13,17H2,1H3. The van der Waals surface area contributed by atoms with E-state index in [1.54, 1.807) is 0 Å². The molecule has 0 amide bonds. The van der Waals surface area contributed by atoms with Crippen molar-refractivity contribution in [1.82, 2.24) is 0 Å². The highest BCUT2D eigenvalue weighted by Gasteiger charge is 2.00. The van der Waals surface area contributed by atoms with Crippen LogP contribution in [0, 0.1) is 0 Å². The van der Waals surface area contributed by atoms with E-state index in [0.717, 1.165) is 17.9 Å². The predicted octanol–water partition coefficient (Wildman–Crippen LogP) is 8.33. The van der Waals surface area contributed by atoms with Crippen LogP contribution in [-0.4, -0.2) is 0 Å². The van der Waals surface area contributed by atoms with Crippen molar-refractivity contribution in [2.24, 2.45) is 0 Å². The molecule has 0 aliphatic heterocycles. The van der Waals surface area contributed by atoms with Gasteiger partial charge in [0.2, 0.25) is 0 Å². The molecule has 26 heavy (non-hydrogen) atoms. The summed E-state index contributed by atoms with van der Waals surface area (Å²) in [7, 11) is 0. The first-order valence-electron chi connectivity index (χ1n) is 10.7. The topological polar surface area (TPSA) is 9.23 Å². The van der Waals surface area contributed by atoms with Gasteiger partial charge in [-0.3, -0.25) is 0 Å². The summed E-state index contributed by atoms with van der Waals surface area (Å²) in [6, 6.07) is 18.6. The maximum Gasteiger partial charge on any atom is 0.127 e. The van der Waals surface area contributed by atoms with Crippen molar-refractivity contribution in [3.8, 4) is 11.5 Å². The summed E-state index contributed by atoms with van der Waals surface area (Å²) in [5, 5.41) is 0. The molecule has 0 saturated heterocycles. The van der Waals surface area contributed by atoms with E-state index in [2.05, 4.69) is 25.1 Å². The Morgan fingerprint density at radius 3 is 1.81 bits per heavy atom. The molecule has 0 atom stereocenters. The van der Waals surface area contributed by atoms with Crippen molar-refractivity contribution in [2.75, 3.05) is 0 Å². The molecule has 0 bridgehead atoms. The minimum Gasteiger partial charge on any atom is -0.457 e. The molecule has 1 heteroatoms. The average Bonchev–Trinajstić information content (AvgIpc) is 2.67. The SMILES string of the molecule is CCCCCCCCCCCCCc1cccc(Oc2ccccc2)c1. The van der Waals surface area contributed by atoms with Crippen LogP contribution in [0.5, 0.6) is 11.5 Å². The maximum absolute atomic E-state index is 5.93. The Balaban J connectivity index is 1.54. The third-order valence-electron chi connectivity index (χ3n) is 4.95. The Morgan fingerprint density at radius 2 is 1.15 bits per heavy atom. The molecule has 2 rings (SSSR count). The fraction of sp³-hybridized carbons (Fsp3) is 0.520. The van der Waals surface area contributed by atoms with Crippen LogP contribution in [-0.2, 0) is 6.42 Å². The van der Waals surface area contributed by atoms with Crippen LogP contribution < -0.4 is 4.74 Å². The Kier molecular flexibility index (Phi) is 10.6. The van der Waals surface area contributed by atoms with E-state index < -0.39 is 0 Å². The van der Waals surface area contributed by atoms with Crippen molar-refractivity contribution >= 4 is 0 Å². The molecular weight excluding hydrogens is 316 g/mol. The van der Waals surface area contributed by atoms with Crippen LogP contribution in [0.15, 0.2) is 54.6 Å². The van der Waals surface area contributed by atoms with Gasteiger partial charge in [-0.25, -0.2) is 0 Å². The van der Waals surface area contributed by atoms with Gasteiger partial charge in [-0.15, -0.1) is 0 Å². The van der Waals surface area contributed by atoms with E-state index in [1.165, 1.54) is 76.2 Å². The lowest BCUT2D eigenvalue weighted by Gasteiger charge is -2.08. The minimum atomic E-state index is 0.902. The molecule has 0 aliphatic rings. The van der Waals surface area contributed by atoms with Crippen LogP contribution in [0.2, 0.25) is 0 Å². The zero-order valence-electron chi connectivity index (χ0n) is 16.6. The molecule has 0 unspecified atom stereocenters. The van der Waals surface area contributed by atoms with Gasteiger partial charge in [0.1, 0.15) is 11.5 Å². The molecule has 1 nitrogen and oxygen atoms in total. The molecule has 0 radical (unpaired) electrons. The first kappa shape index (κ1) is 20.6. The maximum atomic E-state index is 5.93. The normalized spacial score (nSPS) is 10.8. The third-order valence-corrected chi connectivity index (χ3v) is 4.95. The summed E-state index contributed by atoms with van der Waals surface area (Å²) in [4.78, 5) is 0. The van der Waals surface area contributed by atoms with Gasteiger partial charge in [-0.05, 0) is 42.7 Å². The van der Waals surface area contributed by atoms with Gasteiger partial charge in [0.25, 0.3) is 0 Å². The fourth-order valence-electron chi connectivity index (χ4n) is 3.38. The first-order chi connectivity index (χ1) is 12.9. The van der Waals surface area contributed by atoms with Crippen LogP contribution in [0.1, 0.15) is 83.1 Å². The molecule has 0 N–H and O–H groups in total. The molecule has 0 saturated carbocycles. The number of ether oxygens (including phenoxy) is 1. The molecule has 0 spiro atoms. The molecular formula is C25H36O. The average molecular weight is 353 g/mol. The van der Waals surface area contributed by atoms with E-state index in [0.29, 0.717) is 0 Å². The first-order valence-corrected chi connectivity index (χ1v) is 10.7. The van der Waals surface area contributed by atoms with E-state index >= 15 is 0 Å². The Hall–Kier alpha value is -1.76. The number of benzene rings is 2. The highest BCUT2D eigenvalue weighted by Crippen LogP contribution is 2.22. The summed E-state index contributed by atoms with van der Waals surface area (Å²) < 4.78 is 5.93. The Bertz CT molecular complexity index is 576. The summed E-state index contributed by atoms with van der Waals surface area (Å²) in [6.45, 7) is 2.28. The number of rotatable bonds is 14. The van der Waals surface area contributed by atoms with E-state index in [-0.39, 0.29) is 0 Å². The second-order valence-electron chi connectivity index (χ2n) is 7.35. The van der Waals surface area contributed by atoms with Crippen LogP contribution in [0.3, 0.4) is 0 Å². The number of para-hydroxylation sites is 1. The van der Waals surface area contributed by atoms with Gasteiger partial charge in [-0.2, -0.15) is 0 Å². The van der Waals surface area contributed by atoms with Gasteiger partial charge in [0.15, 0.2) is 0 Å². The lowest BCUT2D eigenvalue weighted by Crippen LogP contribution is -1.89. The second-order valence-corrected chi connectivity index (χ2v) is 7.35. The number of aryl methyl sites for hydroxylation is 1. The third kappa shape index (κ3) is 9.08. The van der Waals surface area contributed by atoms with E-state index in [9.17, 15) is 0 Å². The molecule has 142 valence electrons. The largest absolute Gasteiger partial charge is 0.457 e. The molecule has 0 aliphatic carbocycles. The zero-order valence-corrected chi connectivity index (χ0v) is 16.6. The summed E-state index contributed by atoms with van der Waals surface area (Å²) in [6.07, 6.45) is 16.5. The summed E-state index contributed by atoms with van der Waals surface area (Å²) in [5.74, 6) is 1.84. The quantitative estimate of drug-likeness (QED) is 0.310. The van der Waals surface area contributed by atoms with Gasteiger partial charge < -0.3 is 4.74 Å². The van der Waals surface area contributed by atoms with Crippen molar-refractivity contribution in [3.05, 3.63) is 60.2 Å². The monoisotopic (exact) mass is 352 g/mol. The fourth-order valence-corrected chi connectivity index (χ4v) is 3.38. The number of hydrogen-bond acceptors (Lipinski definition) is 1. The Labute approximate surface area is 160 Å². The van der Waals surface area contributed by atoms with Crippen LogP contribution in [0.25, 0.3) is 0 Å². The van der Waals surface area contributed by atoms with Crippen molar-refractivity contribution < 1.29 is 4.74 Å². The van der Waals surface area contributed by atoms with Gasteiger partial charge in [0.05, 0.1) is 0 Å². The zero-order chi connectivity index (χ0) is 18.3. The van der Waals surface area contributed by atoms with Crippen molar-refractivity contribution in [3.63, 3.8) is 0 Å². The van der Waals surface area contributed by atoms with E-state index in [1.807, 2.05) is 36.4 Å². The number of hydrogen-bond donors (Lipinski definition) is 0. The lowest BCUT2D eigenvalue weighted by atomic mass is 10.0. The Morgan fingerprint density at radius 1 is 0.577 bits per heavy atom. The van der Waals surface area contributed by atoms with Crippen LogP contribution in [0.4, 0.5) is 0 Å². The highest BCUT2D eigenvalue weighted by atomic mass is 16.5. The minimum absolute atomic E-state index is 0.902. The predicted molar refractivity (Wildman–Crippen MR) is 113 cm³/mol. The molecule has 0 fully saturated rings. The summed E-state index contributed by atoms with van der Waals surface area (Å²) >= 11 is 0. The molecule has 0 aromatic heterocycles.